The number of esters is 1. The highest BCUT2D eigenvalue weighted by atomic mass is 32.2. The van der Waals surface area contributed by atoms with E-state index in [1.54, 1.807) is 6.92 Å². The Labute approximate surface area is 178 Å². The van der Waals surface area contributed by atoms with Crippen LogP contribution in [0.3, 0.4) is 0 Å². The van der Waals surface area contributed by atoms with Gasteiger partial charge in [0, 0.05) is 26.2 Å². The molecular weight excluding hydrogens is 431 g/mol. The molecule has 2 aromatic rings. The molecule has 3 rings (SSSR count). The van der Waals surface area contributed by atoms with Crippen molar-refractivity contribution in [3.8, 4) is 11.5 Å². The number of benzene rings is 2. The second-order valence-corrected chi connectivity index (χ2v) is 8.88. The molecule has 9 nitrogen and oxygen atoms in total. The molecule has 0 spiro atoms. The van der Waals surface area contributed by atoms with E-state index in [2.05, 4.69) is 0 Å². The zero-order valence-electron chi connectivity index (χ0n) is 16.6. The molecular formula is C20H21FN2O7S. The van der Waals surface area contributed by atoms with Crippen LogP contribution in [0.4, 0.5) is 4.39 Å². The van der Waals surface area contributed by atoms with Gasteiger partial charge in [-0.15, -0.1) is 0 Å². The molecule has 11 heteroatoms. The lowest BCUT2D eigenvalue weighted by Gasteiger charge is -2.33. The van der Waals surface area contributed by atoms with Gasteiger partial charge in [0.05, 0.1) is 4.90 Å². The Morgan fingerprint density at radius 2 is 1.61 bits per heavy atom. The van der Waals surface area contributed by atoms with Gasteiger partial charge in [-0.3, -0.25) is 4.79 Å². The van der Waals surface area contributed by atoms with Gasteiger partial charge >= 0.3 is 5.97 Å². The van der Waals surface area contributed by atoms with E-state index in [9.17, 15) is 32.6 Å². The molecule has 2 aromatic carbocycles. The van der Waals surface area contributed by atoms with Gasteiger partial charge < -0.3 is 19.8 Å². The number of amides is 1. The topological polar surface area (TPSA) is 124 Å². The lowest BCUT2D eigenvalue weighted by Crippen LogP contribution is -2.51. The highest BCUT2D eigenvalue weighted by molar-refractivity contribution is 7.89. The smallest absolute Gasteiger partial charge is 0.342 e. The molecule has 1 aliphatic heterocycles. The van der Waals surface area contributed by atoms with E-state index in [-0.39, 0.29) is 36.6 Å². The number of rotatable bonds is 5. The second kappa shape index (κ2) is 8.90. The average molecular weight is 452 g/mol. The van der Waals surface area contributed by atoms with E-state index < -0.39 is 45.8 Å². The second-order valence-electron chi connectivity index (χ2n) is 6.94. The zero-order chi connectivity index (χ0) is 22.8. The largest absolute Gasteiger partial charge is 0.504 e. The van der Waals surface area contributed by atoms with Gasteiger partial charge in [0.1, 0.15) is 11.4 Å². The van der Waals surface area contributed by atoms with Crippen molar-refractivity contribution >= 4 is 21.9 Å². The number of aromatic hydroxyl groups is 2. The number of ether oxygens (including phenoxy) is 1. The van der Waals surface area contributed by atoms with Crippen LogP contribution in [-0.2, 0) is 19.6 Å². The van der Waals surface area contributed by atoms with Gasteiger partial charge in [0.15, 0.2) is 18.1 Å². The van der Waals surface area contributed by atoms with Crippen LogP contribution in [0.5, 0.6) is 11.5 Å². The SMILES string of the molecule is Cc1ccc(C(=O)OCC(=O)N2CCN(S(=O)(=O)c3ccc(F)cc3)CC2)c(O)c1O. The van der Waals surface area contributed by atoms with Crippen LogP contribution in [-0.4, -0.2) is 72.5 Å². The lowest BCUT2D eigenvalue weighted by atomic mass is 10.1. The third-order valence-electron chi connectivity index (χ3n) is 4.94. The van der Waals surface area contributed by atoms with Crippen LogP contribution in [0.15, 0.2) is 41.3 Å². The number of carbonyl (C=O) groups is 2. The number of halogens is 1. The van der Waals surface area contributed by atoms with E-state index in [1.165, 1.54) is 33.5 Å². The monoisotopic (exact) mass is 452 g/mol. The van der Waals surface area contributed by atoms with E-state index in [4.69, 9.17) is 4.74 Å². The number of nitrogens with zero attached hydrogens (tertiary/aromatic N) is 2. The van der Waals surface area contributed by atoms with Gasteiger partial charge in [-0.1, -0.05) is 6.07 Å². The van der Waals surface area contributed by atoms with Crippen molar-refractivity contribution in [2.45, 2.75) is 11.8 Å². The molecule has 1 saturated heterocycles. The molecule has 1 aliphatic rings. The first-order chi connectivity index (χ1) is 14.6. The number of hydrogen-bond donors (Lipinski definition) is 2. The Hall–Kier alpha value is -3.18. The molecule has 1 amide bonds. The van der Waals surface area contributed by atoms with E-state index in [0.29, 0.717) is 5.56 Å². The minimum absolute atomic E-state index is 0.0337. The fourth-order valence-corrected chi connectivity index (χ4v) is 4.50. The third kappa shape index (κ3) is 4.78. The van der Waals surface area contributed by atoms with Crippen molar-refractivity contribution in [1.82, 2.24) is 9.21 Å². The standard InChI is InChI=1S/C20H21FN2O7S/c1-13-2-7-16(19(26)18(13)25)20(27)30-12-17(24)22-8-10-23(11-9-22)31(28,29)15-5-3-14(21)4-6-15/h2-7,25-26H,8-12H2,1H3. The van der Waals surface area contributed by atoms with Crippen LogP contribution in [0.2, 0.25) is 0 Å². The summed E-state index contributed by atoms with van der Waals surface area (Å²) in [6.07, 6.45) is 0. The minimum atomic E-state index is -3.81. The molecule has 1 heterocycles. The van der Waals surface area contributed by atoms with E-state index in [1.807, 2.05) is 0 Å². The summed E-state index contributed by atoms with van der Waals surface area (Å²) in [7, 11) is -3.81. The Morgan fingerprint density at radius 1 is 1.00 bits per heavy atom. The van der Waals surface area contributed by atoms with Gasteiger partial charge in [-0.05, 0) is 42.8 Å². The van der Waals surface area contributed by atoms with Gasteiger partial charge in [0.25, 0.3) is 5.91 Å². The van der Waals surface area contributed by atoms with Crippen LogP contribution in [0.25, 0.3) is 0 Å². The molecule has 1 fully saturated rings. The molecule has 31 heavy (non-hydrogen) atoms. The Morgan fingerprint density at radius 3 is 2.23 bits per heavy atom. The maximum absolute atomic E-state index is 13.0. The van der Waals surface area contributed by atoms with Crippen LogP contribution >= 0.6 is 0 Å². The summed E-state index contributed by atoms with van der Waals surface area (Å²) in [5.74, 6) is -3.11. The fraction of sp³-hybridized carbons (Fsp3) is 0.300. The first-order valence-corrected chi connectivity index (χ1v) is 10.8. The molecule has 0 unspecified atom stereocenters. The summed E-state index contributed by atoms with van der Waals surface area (Å²) in [6, 6.07) is 7.18. The molecule has 0 aromatic heterocycles. The number of aryl methyl sites for hydroxylation is 1. The lowest BCUT2D eigenvalue weighted by molar-refractivity contribution is -0.135. The van der Waals surface area contributed by atoms with Crippen molar-refractivity contribution in [1.29, 1.82) is 0 Å². The first-order valence-electron chi connectivity index (χ1n) is 9.33. The number of sulfonamides is 1. The van der Waals surface area contributed by atoms with Crippen LogP contribution in [0.1, 0.15) is 15.9 Å². The molecule has 0 aliphatic carbocycles. The summed E-state index contributed by atoms with van der Waals surface area (Å²) in [4.78, 5) is 25.8. The van der Waals surface area contributed by atoms with Crippen molar-refractivity contribution in [3.63, 3.8) is 0 Å². The molecule has 0 bridgehead atoms. The summed E-state index contributed by atoms with van der Waals surface area (Å²) in [5, 5.41) is 19.5. The number of carbonyl (C=O) groups excluding carboxylic acids is 2. The van der Waals surface area contributed by atoms with Gasteiger partial charge in [-0.25, -0.2) is 17.6 Å². The van der Waals surface area contributed by atoms with Crippen molar-refractivity contribution in [2.75, 3.05) is 32.8 Å². The van der Waals surface area contributed by atoms with Gasteiger partial charge in [-0.2, -0.15) is 4.31 Å². The maximum Gasteiger partial charge on any atom is 0.342 e. The summed E-state index contributed by atoms with van der Waals surface area (Å²) in [5.41, 5.74) is 0.102. The number of phenols is 2. The van der Waals surface area contributed by atoms with E-state index >= 15 is 0 Å². The fourth-order valence-electron chi connectivity index (χ4n) is 3.08. The van der Waals surface area contributed by atoms with E-state index in [0.717, 1.165) is 12.1 Å². The first kappa shape index (κ1) is 22.5. The predicted octanol–water partition coefficient (Wildman–Crippen LogP) is 1.24. The normalized spacial score (nSPS) is 15.0. The molecule has 2 N–H and O–H groups in total. The summed E-state index contributed by atoms with van der Waals surface area (Å²) >= 11 is 0. The Bertz CT molecular complexity index is 1100. The molecule has 0 radical (unpaired) electrons. The predicted molar refractivity (Wildman–Crippen MR) is 107 cm³/mol. The quantitative estimate of drug-likeness (QED) is 0.517. The third-order valence-corrected chi connectivity index (χ3v) is 6.86. The van der Waals surface area contributed by atoms with Crippen LogP contribution in [0, 0.1) is 12.7 Å². The highest BCUT2D eigenvalue weighted by Gasteiger charge is 2.30. The molecule has 0 saturated carbocycles. The van der Waals surface area contributed by atoms with Crippen molar-refractivity contribution < 1.29 is 37.3 Å². The zero-order valence-corrected chi connectivity index (χ0v) is 17.4. The summed E-state index contributed by atoms with van der Waals surface area (Å²) in [6.45, 7) is 1.19. The Balaban J connectivity index is 1.55. The van der Waals surface area contributed by atoms with Crippen LogP contribution < -0.4 is 0 Å². The minimum Gasteiger partial charge on any atom is -0.504 e. The number of phenolic OH excluding ortho intramolecular Hbond substituents is 2. The Kier molecular flexibility index (Phi) is 6.46. The van der Waals surface area contributed by atoms with Crippen molar-refractivity contribution in [2.24, 2.45) is 0 Å². The highest BCUT2D eigenvalue weighted by Crippen LogP contribution is 2.32. The molecule has 0 atom stereocenters. The van der Waals surface area contributed by atoms with Crippen molar-refractivity contribution in [3.05, 3.63) is 53.3 Å². The molecule has 166 valence electrons. The summed E-state index contributed by atoms with van der Waals surface area (Å²) < 4.78 is 44.4. The average Bonchev–Trinajstić information content (AvgIpc) is 2.76. The number of piperazine rings is 1. The van der Waals surface area contributed by atoms with Gasteiger partial charge in [0.2, 0.25) is 10.0 Å². The number of hydrogen-bond acceptors (Lipinski definition) is 7. The maximum atomic E-state index is 13.0.